The lowest BCUT2D eigenvalue weighted by Crippen LogP contribution is -2.41. The first kappa shape index (κ1) is 26.1. The van der Waals surface area contributed by atoms with Gasteiger partial charge in [-0.25, -0.2) is 9.78 Å². The highest BCUT2D eigenvalue weighted by molar-refractivity contribution is 5.96. The molecule has 0 aliphatic rings. The van der Waals surface area contributed by atoms with Crippen LogP contribution in [0, 0.1) is 0 Å². The molecule has 2 heterocycles. The summed E-state index contributed by atoms with van der Waals surface area (Å²) in [6.07, 6.45) is 3.49. The summed E-state index contributed by atoms with van der Waals surface area (Å²) in [6.45, 7) is 1.36. The minimum Gasteiger partial charge on any atom is -0.480 e. The van der Waals surface area contributed by atoms with E-state index in [2.05, 4.69) is 15.6 Å². The zero-order valence-electron chi connectivity index (χ0n) is 21.2. The maximum absolute atomic E-state index is 12.7. The zero-order valence-corrected chi connectivity index (χ0v) is 21.2. The molecule has 194 valence electrons. The number of hydrogen-bond acceptors (Lipinski definition) is 5. The fourth-order valence-corrected chi connectivity index (χ4v) is 4.40. The van der Waals surface area contributed by atoms with Crippen LogP contribution in [0.4, 0.5) is 0 Å². The van der Waals surface area contributed by atoms with Gasteiger partial charge in [0.1, 0.15) is 11.9 Å². The summed E-state index contributed by atoms with van der Waals surface area (Å²) in [5, 5.41) is 15.5. The van der Waals surface area contributed by atoms with Gasteiger partial charge in [-0.1, -0.05) is 24.3 Å². The number of carboxylic acids is 1. The van der Waals surface area contributed by atoms with E-state index in [1.54, 1.807) is 12.1 Å². The fraction of sp³-hybridized carbons (Fsp3) is 0.321. The molecule has 0 saturated carbocycles. The number of carbonyl (C=O) groups is 2. The van der Waals surface area contributed by atoms with Crippen LogP contribution in [0.1, 0.15) is 46.3 Å². The van der Waals surface area contributed by atoms with E-state index in [1.807, 2.05) is 78.0 Å². The Hall–Kier alpha value is -3.95. The molecule has 0 aliphatic carbocycles. The summed E-state index contributed by atoms with van der Waals surface area (Å²) in [5.41, 5.74) is 10.9. The Morgan fingerprint density at radius 3 is 2.49 bits per heavy atom. The average Bonchev–Trinajstić information content (AvgIpc) is 3.45. The van der Waals surface area contributed by atoms with Crippen LogP contribution in [-0.4, -0.2) is 43.7 Å². The van der Waals surface area contributed by atoms with E-state index in [-0.39, 0.29) is 6.04 Å². The first-order valence-corrected chi connectivity index (χ1v) is 12.4. The minimum atomic E-state index is -1.04. The SMILES string of the molecule is Cn1cccc1CNCCCC(NC(=O)c1ccc(C(N)Cc2nc3ccccc3n2C)cc1)C(=O)O. The van der Waals surface area contributed by atoms with Gasteiger partial charge in [0.15, 0.2) is 0 Å². The number of benzene rings is 2. The molecule has 2 unspecified atom stereocenters. The van der Waals surface area contributed by atoms with Crippen molar-refractivity contribution in [2.45, 2.75) is 37.9 Å². The summed E-state index contributed by atoms with van der Waals surface area (Å²) in [7, 11) is 3.96. The summed E-state index contributed by atoms with van der Waals surface area (Å²) in [6, 6.07) is 17.7. The number of hydrogen-bond donors (Lipinski definition) is 4. The Labute approximate surface area is 216 Å². The van der Waals surface area contributed by atoms with Crippen LogP contribution in [0.2, 0.25) is 0 Å². The molecule has 0 fully saturated rings. The molecule has 0 aliphatic heterocycles. The van der Waals surface area contributed by atoms with Crippen LogP contribution in [0.3, 0.4) is 0 Å². The van der Waals surface area contributed by atoms with Crippen molar-refractivity contribution in [3.05, 3.63) is 89.5 Å². The molecule has 1 amide bonds. The van der Waals surface area contributed by atoms with Gasteiger partial charge < -0.3 is 30.6 Å². The van der Waals surface area contributed by atoms with Crippen LogP contribution in [0.5, 0.6) is 0 Å². The summed E-state index contributed by atoms with van der Waals surface area (Å²) in [5.74, 6) is -0.575. The van der Waals surface area contributed by atoms with Crippen molar-refractivity contribution in [3.63, 3.8) is 0 Å². The molecule has 2 atom stereocenters. The van der Waals surface area contributed by atoms with Crippen molar-refractivity contribution >= 4 is 22.9 Å². The van der Waals surface area contributed by atoms with Gasteiger partial charge in [-0.05, 0) is 61.3 Å². The molecule has 0 spiro atoms. The Morgan fingerprint density at radius 1 is 1.05 bits per heavy atom. The number of fused-ring (bicyclic) bond motifs is 1. The molecule has 2 aromatic heterocycles. The second-order valence-corrected chi connectivity index (χ2v) is 9.30. The predicted molar refractivity (Wildman–Crippen MR) is 143 cm³/mol. The third kappa shape index (κ3) is 6.44. The largest absolute Gasteiger partial charge is 0.480 e. The lowest BCUT2D eigenvalue weighted by atomic mass is 10.0. The van der Waals surface area contributed by atoms with Gasteiger partial charge >= 0.3 is 5.97 Å². The Kier molecular flexibility index (Phi) is 8.37. The number of aliphatic carboxylic acids is 1. The third-order valence-corrected chi connectivity index (χ3v) is 6.69. The normalized spacial score (nSPS) is 12.9. The number of carbonyl (C=O) groups excluding carboxylic acids is 1. The molecule has 4 rings (SSSR count). The van der Waals surface area contributed by atoms with Crippen molar-refractivity contribution in [2.75, 3.05) is 6.54 Å². The lowest BCUT2D eigenvalue weighted by molar-refractivity contribution is -0.139. The van der Waals surface area contributed by atoms with E-state index < -0.39 is 17.9 Å². The number of carboxylic acid groups (broad SMARTS) is 1. The molecular weight excluding hydrogens is 468 g/mol. The first-order valence-electron chi connectivity index (χ1n) is 12.4. The molecular formula is C28H34N6O3. The van der Waals surface area contributed by atoms with Gasteiger partial charge in [-0.15, -0.1) is 0 Å². The van der Waals surface area contributed by atoms with E-state index in [9.17, 15) is 14.7 Å². The second-order valence-electron chi connectivity index (χ2n) is 9.30. The van der Waals surface area contributed by atoms with Gasteiger partial charge in [-0.3, -0.25) is 4.79 Å². The molecule has 5 N–H and O–H groups in total. The monoisotopic (exact) mass is 502 g/mol. The number of nitrogens with one attached hydrogen (secondary N) is 2. The maximum Gasteiger partial charge on any atom is 0.326 e. The molecule has 0 saturated heterocycles. The van der Waals surface area contributed by atoms with E-state index >= 15 is 0 Å². The topological polar surface area (TPSA) is 127 Å². The van der Waals surface area contributed by atoms with Gasteiger partial charge in [0, 0.05) is 50.6 Å². The highest BCUT2D eigenvalue weighted by atomic mass is 16.4. The van der Waals surface area contributed by atoms with Gasteiger partial charge in [0.25, 0.3) is 5.91 Å². The highest BCUT2D eigenvalue weighted by Crippen LogP contribution is 2.20. The van der Waals surface area contributed by atoms with Crippen molar-refractivity contribution in [2.24, 2.45) is 19.8 Å². The minimum absolute atomic E-state index is 0.289. The number of rotatable bonds is 12. The molecule has 4 aromatic rings. The highest BCUT2D eigenvalue weighted by Gasteiger charge is 2.21. The van der Waals surface area contributed by atoms with Gasteiger partial charge in [-0.2, -0.15) is 0 Å². The van der Waals surface area contributed by atoms with E-state index in [1.165, 1.54) is 0 Å². The van der Waals surface area contributed by atoms with Crippen molar-refractivity contribution in [1.82, 2.24) is 24.8 Å². The van der Waals surface area contributed by atoms with Crippen LogP contribution in [0.15, 0.2) is 66.9 Å². The summed E-state index contributed by atoms with van der Waals surface area (Å²) in [4.78, 5) is 29.1. The summed E-state index contributed by atoms with van der Waals surface area (Å²) < 4.78 is 4.08. The molecule has 9 heteroatoms. The first-order chi connectivity index (χ1) is 17.8. The smallest absolute Gasteiger partial charge is 0.326 e. The van der Waals surface area contributed by atoms with Crippen molar-refractivity contribution in [1.29, 1.82) is 0 Å². The molecule has 0 radical (unpaired) electrons. The average molecular weight is 503 g/mol. The second kappa shape index (κ2) is 11.9. The number of imidazole rings is 1. The molecule has 37 heavy (non-hydrogen) atoms. The Morgan fingerprint density at radius 2 is 1.81 bits per heavy atom. The van der Waals surface area contributed by atoms with Gasteiger partial charge in [0.05, 0.1) is 11.0 Å². The third-order valence-electron chi connectivity index (χ3n) is 6.69. The van der Waals surface area contributed by atoms with Crippen LogP contribution in [-0.2, 0) is 31.9 Å². The number of nitrogens with zero attached hydrogens (tertiary/aromatic N) is 3. The fourth-order valence-electron chi connectivity index (χ4n) is 4.40. The predicted octanol–water partition coefficient (Wildman–Crippen LogP) is 2.91. The van der Waals surface area contributed by atoms with Crippen molar-refractivity contribution < 1.29 is 14.7 Å². The molecule has 0 bridgehead atoms. The number of aryl methyl sites for hydroxylation is 2. The number of nitrogens with two attached hydrogens (primary N) is 1. The number of para-hydroxylation sites is 2. The zero-order chi connectivity index (χ0) is 26.4. The summed E-state index contributed by atoms with van der Waals surface area (Å²) >= 11 is 0. The van der Waals surface area contributed by atoms with Crippen molar-refractivity contribution in [3.8, 4) is 0 Å². The lowest BCUT2D eigenvalue weighted by Gasteiger charge is -2.16. The van der Waals surface area contributed by atoms with E-state index in [4.69, 9.17) is 5.73 Å². The molecule has 9 nitrogen and oxygen atoms in total. The molecule has 2 aromatic carbocycles. The van der Waals surface area contributed by atoms with E-state index in [0.717, 1.165) is 28.1 Å². The van der Waals surface area contributed by atoms with Crippen LogP contribution < -0.4 is 16.4 Å². The Bertz CT molecular complexity index is 1360. The maximum atomic E-state index is 12.7. The Balaban J connectivity index is 1.28. The quantitative estimate of drug-likeness (QED) is 0.221. The van der Waals surface area contributed by atoms with Crippen LogP contribution in [0.25, 0.3) is 11.0 Å². The number of amides is 1. The number of aromatic nitrogens is 3. The standard InChI is InChI=1S/C28H34N6O3/c1-33-16-6-7-21(33)18-30-15-5-9-24(28(36)37)32-27(35)20-13-11-19(12-14-20)22(29)17-26-31-23-8-3-4-10-25(23)34(26)2/h3-4,6-8,10-14,16,22,24,30H,5,9,15,17-18,29H2,1-2H3,(H,32,35)(H,36,37). The van der Waals surface area contributed by atoms with Crippen LogP contribution >= 0.6 is 0 Å². The van der Waals surface area contributed by atoms with Gasteiger partial charge in [0.2, 0.25) is 0 Å². The van der Waals surface area contributed by atoms with E-state index in [0.29, 0.717) is 37.9 Å².